The average Bonchev–Trinajstić information content (AvgIpc) is 2.32. The van der Waals surface area contributed by atoms with Crippen LogP contribution in [0.3, 0.4) is 0 Å². The average molecular weight is 254 g/mol. The van der Waals surface area contributed by atoms with E-state index < -0.39 is 17.5 Å². The number of aliphatic hydroxyl groups is 1. The van der Waals surface area contributed by atoms with Gasteiger partial charge in [-0.15, -0.1) is 0 Å². The normalized spacial score (nSPS) is 10.4. The number of ether oxygens (including phenoxy) is 1. The largest absolute Gasteiger partial charge is 0.454 e. The molecule has 0 spiro atoms. The van der Waals surface area contributed by atoms with E-state index in [4.69, 9.17) is 9.84 Å². The van der Waals surface area contributed by atoms with Crippen LogP contribution >= 0.6 is 0 Å². The van der Waals surface area contributed by atoms with Crippen LogP contribution in [0.15, 0.2) is 36.4 Å². The van der Waals surface area contributed by atoms with Gasteiger partial charge in [0.1, 0.15) is 17.4 Å². The molecule has 2 rings (SSSR count). The Morgan fingerprint density at radius 3 is 2.39 bits per heavy atom. The van der Waals surface area contributed by atoms with E-state index in [2.05, 4.69) is 0 Å². The van der Waals surface area contributed by atoms with E-state index in [0.717, 1.165) is 24.3 Å². The van der Waals surface area contributed by atoms with Crippen LogP contribution < -0.4 is 4.74 Å². The van der Waals surface area contributed by atoms with Crippen LogP contribution in [0.25, 0.3) is 0 Å². The zero-order valence-electron chi connectivity index (χ0n) is 9.16. The first-order valence-electron chi connectivity index (χ1n) is 5.12. The van der Waals surface area contributed by atoms with Crippen molar-refractivity contribution in [1.29, 1.82) is 0 Å². The van der Waals surface area contributed by atoms with Crippen LogP contribution in [0.4, 0.5) is 13.2 Å². The van der Waals surface area contributed by atoms with E-state index in [0.29, 0.717) is 11.6 Å². The Morgan fingerprint density at radius 2 is 1.72 bits per heavy atom. The van der Waals surface area contributed by atoms with Crippen LogP contribution in [0.5, 0.6) is 11.5 Å². The van der Waals surface area contributed by atoms with Gasteiger partial charge in [-0.2, -0.15) is 0 Å². The highest BCUT2D eigenvalue weighted by Gasteiger charge is 2.08. The van der Waals surface area contributed by atoms with Gasteiger partial charge in [0, 0.05) is 12.1 Å². The molecule has 0 fully saturated rings. The van der Waals surface area contributed by atoms with Crippen LogP contribution in [-0.2, 0) is 6.61 Å². The quantitative estimate of drug-likeness (QED) is 0.909. The Labute approximate surface area is 101 Å². The highest BCUT2D eigenvalue weighted by Crippen LogP contribution is 2.26. The van der Waals surface area contributed by atoms with E-state index >= 15 is 0 Å². The smallest absolute Gasteiger partial charge is 0.168 e. The Kier molecular flexibility index (Phi) is 3.53. The van der Waals surface area contributed by atoms with E-state index in [9.17, 15) is 13.2 Å². The molecule has 0 heterocycles. The second-order valence-corrected chi connectivity index (χ2v) is 3.63. The van der Waals surface area contributed by atoms with Crippen LogP contribution in [0.2, 0.25) is 0 Å². The van der Waals surface area contributed by atoms with Gasteiger partial charge in [-0.25, -0.2) is 13.2 Å². The molecule has 0 aliphatic heterocycles. The molecule has 18 heavy (non-hydrogen) atoms. The minimum Gasteiger partial charge on any atom is -0.454 e. The Hall–Kier alpha value is -2.01. The van der Waals surface area contributed by atoms with Gasteiger partial charge in [0.2, 0.25) is 0 Å². The molecule has 0 saturated heterocycles. The highest BCUT2D eigenvalue weighted by molar-refractivity contribution is 5.35. The minimum absolute atomic E-state index is 0.0320. The standard InChI is InChI=1S/C13H9F3O2/c14-9-1-2-13(12(16)6-9)18-11-4-8(7-17)3-10(15)5-11/h1-6,17H,7H2. The molecule has 1 N–H and O–H groups in total. The van der Waals surface area contributed by atoms with Gasteiger partial charge < -0.3 is 9.84 Å². The molecule has 0 bridgehead atoms. The minimum atomic E-state index is -0.884. The van der Waals surface area contributed by atoms with Crippen molar-refractivity contribution >= 4 is 0 Å². The lowest BCUT2D eigenvalue weighted by molar-refractivity contribution is 0.280. The Bertz CT molecular complexity index is 570. The van der Waals surface area contributed by atoms with Crippen molar-refractivity contribution < 1.29 is 23.0 Å². The first-order valence-corrected chi connectivity index (χ1v) is 5.12. The van der Waals surface area contributed by atoms with E-state index in [1.807, 2.05) is 0 Å². The summed E-state index contributed by atoms with van der Waals surface area (Å²) in [5.74, 6) is -2.41. The molecule has 0 aromatic heterocycles. The summed E-state index contributed by atoms with van der Waals surface area (Å²) >= 11 is 0. The summed E-state index contributed by atoms with van der Waals surface area (Å²) < 4.78 is 44.2. The van der Waals surface area contributed by atoms with Gasteiger partial charge in [-0.05, 0) is 29.8 Å². The van der Waals surface area contributed by atoms with Crippen molar-refractivity contribution in [2.75, 3.05) is 0 Å². The number of halogens is 3. The van der Waals surface area contributed by atoms with Gasteiger partial charge in [0.25, 0.3) is 0 Å². The van der Waals surface area contributed by atoms with Crippen LogP contribution in [0, 0.1) is 17.5 Å². The lowest BCUT2D eigenvalue weighted by atomic mass is 10.2. The molecule has 0 aliphatic rings. The summed E-state index contributed by atoms with van der Waals surface area (Å²) in [7, 11) is 0. The van der Waals surface area contributed by atoms with Crippen molar-refractivity contribution in [3.8, 4) is 11.5 Å². The third kappa shape index (κ3) is 2.81. The Morgan fingerprint density at radius 1 is 0.944 bits per heavy atom. The van der Waals surface area contributed by atoms with Crippen LogP contribution in [0.1, 0.15) is 5.56 Å². The van der Waals surface area contributed by atoms with Gasteiger partial charge in [0.05, 0.1) is 6.61 Å². The lowest BCUT2D eigenvalue weighted by Crippen LogP contribution is -1.92. The van der Waals surface area contributed by atoms with Crippen LogP contribution in [-0.4, -0.2) is 5.11 Å². The molecule has 2 aromatic carbocycles. The molecule has 2 aromatic rings. The van der Waals surface area contributed by atoms with Crippen molar-refractivity contribution in [3.63, 3.8) is 0 Å². The van der Waals surface area contributed by atoms with Gasteiger partial charge in [-0.1, -0.05) is 0 Å². The van der Waals surface area contributed by atoms with E-state index in [1.54, 1.807) is 0 Å². The maximum absolute atomic E-state index is 13.3. The molecule has 0 aliphatic carbocycles. The monoisotopic (exact) mass is 254 g/mol. The molecular formula is C13H9F3O2. The number of aliphatic hydroxyl groups excluding tert-OH is 1. The first-order chi connectivity index (χ1) is 8.58. The van der Waals surface area contributed by atoms with Crippen molar-refractivity contribution in [2.24, 2.45) is 0 Å². The maximum Gasteiger partial charge on any atom is 0.168 e. The number of benzene rings is 2. The fraction of sp³-hybridized carbons (Fsp3) is 0.0769. The fourth-order valence-corrected chi connectivity index (χ4v) is 1.46. The first kappa shape index (κ1) is 12.4. The van der Waals surface area contributed by atoms with Crippen molar-refractivity contribution in [3.05, 3.63) is 59.4 Å². The molecule has 0 saturated carbocycles. The number of rotatable bonds is 3. The summed E-state index contributed by atoms with van der Waals surface area (Å²) in [5, 5.41) is 8.90. The number of hydrogen-bond donors (Lipinski definition) is 1. The summed E-state index contributed by atoms with van der Waals surface area (Å²) in [6.45, 7) is -0.361. The molecule has 0 unspecified atom stereocenters. The van der Waals surface area contributed by atoms with Crippen molar-refractivity contribution in [2.45, 2.75) is 6.61 Å². The predicted molar refractivity (Wildman–Crippen MR) is 58.8 cm³/mol. The Balaban J connectivity index is 2.30. The molecule has 94 valence electrons. The molecule has 0 radical (unpaired) electrons. The molecule has 0 atom stereocenters. The van der Waals surface area contributed by atoms with Crippen molar-refractivity contribution in [1.82, 2.24) is 0 Å². The topological polar surface area (TPSA) is 29.5 Å². The fourth-order valence-electron chi connectivity index (χ4n) is 1.46. The third-order valence-corrected chi connectivity index (χ3v) is 2.24. The van der Waals surface area contributed by atoms with E-state index in [-0.39, 0.29) is 18.1 Å². The SMILES string of the molecule is OCc1cc(F)cc(Oc2ccc(F)cc2F)c1. The molecule has 5 heteroatoms. The van der Waals surface area contributed by atoms with Gasteiger partial charge in [0.15, 0.2) is 11.6 Å². The zero-order valence-corrected chi connectivity index (χ0v) is 9.16. The highest BCUT2D eigenvalue weighted by atomic mass is 19.1. The molecule has 2 nitrogen and oxygen atoms in total. The second-order valence-electron chi connectivity index (χ2n) is 3.63. The number of hydrogen-bond acceptors (Lipinski definition) is 2. The van der Waals surface area contributed by atoms with Gasteiger partial charge in [-0.3, -0.25) is 0 Å². The zero-order chi connectivity index (χ0) is 13.1. The van der Waals surface area contributed by atoms with E-state index in [1.165, 1.54) is 6.07 Å². The second kappa shape index (κ2) is 5.10. The maximum atomic E-state index is 13.3. The third-order valence-electron chi connectivity index (χ3n) is 2.24. The summed E-state index contributed by atoms with van der Waals surface area (Å²) in [6, 6.07) is 6.35. The lowest BCUT2D eigenvalue weighted by Gasteiger charge is -2.08. The summed E-state index contributed by atoms with van der Waals surface area (Å²) in [4.78, 5) is 0. The predicted octanol–water partition coefficient (Wildman–Crippen LogP) is 3.39. The van der Waals surface area contributed by atoms with Gasteiger partial charge >= 0.3 is 0 Å². The summed E-state index contributed by atoms with van der Waals surface area (Å²) in [5.41, 5.74) is 0.299. The molecular weight excluding hydrogens is 245 g/mol. The molecule has 0 amide bonds. The summed E-state index contributed by atoms with van der Waals surface area (Å²) in [6.07, 6.45) is 0.